The van der Waals surface area contributed by atoms with Crippen molar-refractivity contribution in [3.05, 3.63) is 29.0 Å². The zero-order chi connectivity index (χ0) is 14.2. The van der Waals surface area contributed by atoms with Crippen LogP contribution >= 0.6 is 15.9 Å². The molecule has 2 aromatic heterocycles. The summed E-state index contributed by atoms with van der Waals surface area (Å²) in [5.41, 5.74) is 2.82. The van der Waals surface area contributed by atoms with Crippen LogP contribution in [0, 0.1) is 0 Å². The van der Waals surface area contributed by atoms with E-state index in [1.807, 2.05) is 12.1 Å². The number of anilines is 1. The molecular weight excluding hydrogens is 318 g/mol. The molecule has 2 heterocycles. The van der Waals surface area contributed by atoms with E-state index in [9.17, 15) is 0 Å². The first-order valence-electron chi connectivity index (χ1n) is 7.03. The van der Waals surface area contributed by atoms with Crippen molar-refractivity contribution in [3.8, 4) is 0 Å². The van der Waals surface area contributed by atoms with Crippen LogP contribution in [0.2, 0.25) is 0 Å². The van der Waals surface area contributed by atoms with E-state index in [0.717, 1.165) is 53.8 Å². The van der Waals surface area contributed by atoms with Crippen molar-refractivity contribution >= 4 is 32.7 Å². The van der Waals surface area contributed by atoms with E-state index in [1.165, 1.54) is 6.42 Å². The predicted molar refractivity (Wildman–Crippen MR) is 86.1 cm³/mol. The third kappa shape index (κ3) is 4.42. The second kappa shape index (κ2) is 8.17. The number of nitrogens with one attached hydrogen (secondary N) is 1. The van der Waals surface area contributed by atoms with Crippen LogP contribution in [0.5, 0.6) is 0 Å². The molecule has 2 aromatic rings. The molecule has 0 saturated heterocycles. The maximum Gasteiger partial charge on any atom is 0.112 e. The number of rotatable bonds is 8. The maximum atomic E-state index is 5.54. The number of ether oxygens (including phenoxy) is 1. The second-order valence-corrected chi connectivity index (χ2v) is 5.54. The van der Waals surface area contributed by atoms with Gasteiger partial charge in [-0.2, -0.15) is 0 Å². The first-order chi connectivity index (χ1) is 9.81. The van der Waals surface area contributed by atoms with E-state index in [-0.39, 0.29) is 0 Å². The van der Waals surface area contributed by atoms with Gasteiger partial charge < -0.3 is 10.1 Å². The van der Waals surface area contributed by atoms with E-state index >= 15 is 0 Å². The SMILES string of the molecule is CCCCOCCCNc1ccnc2cc(Br)cnc12. The summed E-state index contributed by atoms with van der Waals surface area (Å²) in [5, 5.41) is 3.40. The van der Waals surface area contributed by atoms with Crippen LogP contribution in [0.15, 0.2) is 29.0 Å². The summed E-state index contributed by atoms with van der Waals surface area (Å²) in [5.74, 6) is 0. The molecule has 108 valence electrons. The fourth-order valence-electron chi connectivity index (χ4n) is 1.89. The summed E-state index contributed by atoms with van der Waals surface area (Å²) >= 11 is 3.41. The third-order valence-electron chi connectivity index (χ3n) is 2.97. The minimum Gasteiger partial charge on any atom is -0.383 e. The fraction of sp³-hybridized carbons (Fsp3) is 0.467. The molecule has 0 radical (unpaired) electrons. The molecule has 0 fully saturated rings. The molecule has 0 bridgehead atoms. The Morgan fingerprint density at radius 1 is 1.25 bits per heavy atom. The summed E-state index contributed by atoms with van der Waals surface area (Å²) < 4.78 is 6.48. The van der Waals surface area contributed by atoms with Crippen molar-refractivity contribution in [1.29, 1.82) is 0 Å². The molecule has 0 aliphatic carbocycles. The van der Waals surface area contributed by atoms with E-state index in [0.29, 0.717) is 0 Å². The number of aromatic nitrogens is 2. The average Bonchev–Trinajstić information content (AvgIpc) is 2.46. The topological polar surface area (TPSA) is 47.0 Å². The van der Waals surface area contributed by atoms with Crippen molar-refractivity contribution in [2.24, 2.45) is 0 Å². The predicted octanol–water partition coefficient (Wildman–Crippen LogP) is 4.01. The van der Waals surface area contributed by atoms with Gasteiger partial charge in [-0.3, -0.25) is 9.97 Å². The van der Waals surface area contributed by atoms with Gasteiger partial charge in [-0.1, -0.05) is 13.3 Å². The number of nitrogens with zero attached hydrogens (tertiary/aromatic N) is 2. The highest BCUT2D eigenvalue weighted by Gasteiger charge is 2.03. The smallest absolute Gasteiger partial charge is 0.112 e. The number of hydrogen-bond donors (Lipinski definition) is 1. The molecule has 5 heteroatoms. The van der Waals surface area contributed by atoms with Gasteiger partial charge in [0.2, 0.25) is 0 Å². The van der Waals surface area contributed by atoms with Crippen LogP contribution < -0.4 is 5.32 Å². The molecule has 20 heavy (non-hydrogen) atoms. The van der Waals surface area contributed by atoms with Crippen LogP contribution in [0.25, 0.3) is 11.0 Å². The first kappa shape index (κ1) is 15.2. The lowest BCUT2D eigenvalue weighted by molar-refractivity contribution is 0.131. The molecule has 2 rings (SSSR count). The van der Waals surface area contributed by atoms with Gasteiger partial charge in [0.1, 0.15) is 5.52 Å². The molecule has 0 aliphatic heterocycles. The Hall–Kier alpha value is -1.20. The first-order valence-corrected chi connectivity index (χ1v) is 7.82. The Morgan fingerprint density at radius 2 is 2.10 bits per heavy atom. The molecule has 0 saturated carbocycles. The molecule has 0 amide bonds. The summed E-state index contributed by atoms with van der Waals surface area (Å²) in [6, 6.07) is 3.93. The number of fused-ring (bicyclic) bond motifs is 1. The van der Waals surface area contributed by atoms with E-state index in [2.05, 4.69) is 38.1 Å². The van der Waals surface area contributed by atoms with Crippen LogP contribution in [-0.4, -0.2) is 29.7 Å². The van der Waals surface area contributed by atoms with Crippen molar-refractivity contribution < 1.29 is 4.74 Å². The zero-order valence-corrected chi connectivity index (χ0v) is 13.3. The Labute approximate surface area is 128 Å². The lowest BCUT2D eigenvalue weighted by Gasteiger charge is -2.09. The Kier molecular flexibility index (Phi) is 6.21. The van der Waals surface area contributed by atoms with Crippen LogP contribution in [-0.2, 0) is 4.74 Å². The van der Waals surface area contributed by atoms with Crippen molar-refractivity contribution in [1.82, 2.24) is 9.97 Å². The monoisotopic (exact) mass is 337 g/mol. The standard InChI is InChI=1S/C15H20BrN3O/c1-2-3-8-20-9-4-6-17-13-5-7-18-14-10-12(16)11-19-15(13)14/h5,7,10-11H,2-4,6,8-9H2,1H3,(H,17,18). The van der Waals surface area contributed by atoms with Gasteiger partial charge in [0.05, 0.1) is 11.2 Å². The third-order valence-corrected chi connectivity index (χ3v) is 3.40. The summed E-state index contributed by atoms with van der Waals surface area (Å²) in [6.07, 6.45) is 6.91. The fourth-order valence-corrected chi connectivity index (χ4v) is 2.21. The number of pyridine rings is 2. The molecular formula is C15H20BrN3O. The highest BCUT2D eigenvalue weighted by molar-refractivity contribution is 9.10. The minimum absolute atomic E-state index is 0.801. The molecule has 0 unspecified atom stereocenters. The lowest BCUT2D eigenvalue weighted by atomic mass is 10.3. The molecule has 0 aromatic carbocycles. The van der Waals surface area contributed by atoms with Gasteiger partial charge in [0, 0.05) is 36.6 Å². The van der Waals surface area contributed by atoms with Gasteiger partial charge in [0.25, 0.3) is 0 Å². The van der Waals surface area contributed by atoms with Crippen LogP contribution in [0.4, 0.5) is 5.69 Å². The Bertz CT molecular complexity index is 548. The normalized spacial score (nSPS) is 10.9. The lowest BCUT2D eigenvalue weighted by Crippen LogP contribution is -2.07. The Balaban J connectivity index is 1.84. The van der Waals surface area contributed by atoms with Crippen LogP contribution in [0.1, 0.15) is 26.2 Å². The van der Waals surface area contributed by atoms with Crippen LogP contribution in [0.3, 0.4) is 0 Å². The van der Waals surface area contributed by atoms with Gasteiger partial charge in [-0.25, -0.2) is 0 Å². The summed E-state index contributed by atoms with van der Waals surface area (Å²) in [4.78, 5) is 8.74. The minimum atomic E-state index is 0.801. The Morgan fingerprint density at radius 3 is 2.95 bits per heavy atom. The van der Waals surface area contributed by atoms with Crippen molar-refractivity contribution in [2.75, 3.05) is 25.1 Å². The summed E-state index contributed by atoms with van der Waals surface area (Å²) in [6.45, 7) is 4.72. The van der Waals surface area contributed by atoms with Gasteiger partial charge in [0.15, 0.2) is 0 Å². The number of unbranched alkanes of at least 4 members (excludes halogenated alkanes) is 1. The van der Waals surface area contributed by atoms with Crippen molar-refractivity contribution in [2.45, 2.75) is 26.2 Å². The number of halogens is 1. The number of hydrogen-bond acceptors (Lipinski definition) is 4. The maximum absolute atomic E-state index is 5.54. The molecule has 4 nitrogen and oxygen atoms in total. The van der Waals surface area contributed by atoms with Gasteiger partial charge in [-0.05, 0) is 40.9 Å². The van der Waals surface area contributed by atoms with E-state index in [1.54, 1.807) is 12.4 Å². The molecule has 1 N–H and O–H groups in total. The second-order valence-electron chi connectivity index (χ2n) is 4.63. The highest BCUT2D eigenvalue weighted by atomic mass is 79.9. The average molecular weight is 338 g/mol. The van der Waals surface area contributed by atoms with Gasteiger partial charge >= 0.3 is 0 Å². The molecule has 0 aliphatic rings. The largest absolute Gasteiger partial charge is 0.383 e. The van der Waals surface area contributed by atoms with E-state index < -0.39 is 0 Å². The van der Waals surface area contributed by atoms with E-state index in [4.69, 9.17) is 4.74 Å². The summed E-state index contributed by atoms with van der Waals surface area (Å²) in [7, 11) is 0. The molecule has 0 atom stereocenters. The zero-order valence-electron chi connectivity index (χ0n) is 11.7. The van der Waals surface area contributed by atoms with Gasteiger partial charge in [-0.15, -0.1) is 0 Å². The quantitative estimate of drug-likeness (QED) is 0.739. The highest BCUT2D eigenvalue weighted by Crippen LogP contribution is 2.21. The molecule has 0 spiro atoms. The van der Waals surface area contributed by atoms with Crippen molar-refractivity contribution in [3.63, 3.8) is 0 Å².